The number of carbonyl (C=O) groups is 2. The highest BCUT2D eigenvalue weighted by atomic mass is 16.6. The van der Waals surface area contributed by atoms with Crippen LogP contribution in [0.1, 0.15) is 44.4 Å². The summed E-state index contributed by atoms with van der Waals surface area (Å²) in [6.45, 7) is 5.89. The molecule has 1 aliphatic rings. The second kappa shape index (κ2) is 6.25. The fourth-order valence-electron chi connectivity index (χ4n) is 2.30. The van der Waals surface area contributed by atoms with Crippen LogP contribution in [0, 0.1) is 0 Å². The van der Waals surface area contributed by atoms with Gasteiger partial charge in [-0.15, -0.1) is 0 Å². The summed E-state index contributed by atoms with van der Waals surface area (Å²) in [4.78, 5) is 23.0. The minimum Gasteiger partial charge on any atom is -0.493 e. The molecule has 0 spiro atoms. The molecule has 2 rings (SSSR count). The van der Waals surface area contributed by atoms with Crippen molar-refractivity contribution < 1.29 is 24.2 Å². The topological polar surface area (TPSA) is 84.9 Å². The second-order valence-electron chi connectivity index (χ2n) is 6.26. The van der Waals surface area contributed by atoms with Crippen molar-refractivity contribution in [2.24, 2.45) is 0 Å². The first-order valence-corrected chi connectivity index (χ1v) is 7.21. The summed E-state index contributed by atoms with van der Waals surface area (Å²) in [5, 5.41) is 11.7. The number of hydrogen-bond donors (Lipinski definition) is 2. The monoisotopic (exact) mass is 307 g/mol. The van der Waals surface area contributed by atoms with E-state index >= 15 is 0 Å². The van der Waals surface area contributed by atoms with E-state index in [1.54, 1.807) is 26.8 Å². The van der Waals surface area contributed by atoms with Crippen molar-refractivity contribution in [2.45, 2.75) is 45.3 Å². The average Bonchev–Trinajstić information content (AvgIpc) is 2.81. The molecule has 1 unspecified atom stereocenters. The molecule has 1 aromatic rings. The van der Waals surface area contributed by atoms with Gasteiger partial charge < -0.3 is 19.9 Å². The van der Waals surface area contributed by atoms with Crippen LogP contribution < -0.4 is 10.1 Å². The third-order valence-corrected chi connectivity index (χ3v) is 3.19. The zero-order valence-corrected chi connectivity index (χ0v) is 13.0. The number of carboxylic acids is 1. The summed E-state index contributed by atoms with van der Waals surface area (Å²) >= 11 is 0. The summed E-state index contributed by atoms with van der Waals surface area (Å²) in [7, 11) is 0. The number of benzene rings is 1. The Hall–Kier alpha value is -2.24. The highest BCUT2D eigenvalue weighted by Gasteiger charge is 2.24. The molecule has 0 saturated heterocycles. The first-order chi connectivity index (χ1) is 10.2. The summed E-state index contributed by atoms with van der Waals surface area (Å²) in [6.07, 6.45) is -0.0515. The molecule has 120 valence electrons. The standard InChI is InChI=1S/C16H21NO5/c1-16(2,3)22-15(20)17-12(9-14(18)19)10-4-5-13-11(8-10)6-7-21-13/h4-5,8,12H,6-7,9H2,1-3H3,(H,17,20)(H,18,19). The van der Waals surface area contributed by atoms with Crippen LogP contribution in [0.15, 0.2) is 18.2 Å². The normalized spacial score (nSPS) is 14.7. The molecule has 1 amide bonds. The van der Waals surface area contributed by atoms with E-state index in [9.17, 15) is 9.59 Å². The molecule has 0 aromatic heterocycles. The van der Waals surface area contributed by atoms with E-state index in [1.165, 1.54) is 0 Å². The van der Waals surface area contributed by atoms with Gasteiger partial charge in [-0.05, 0) is 44.0 Å². The van der Waals surface area contributed by atoms with E-state index in [0.29, 0.717) is 6.61 Å². The van der Waals surface area contributed by atoms with Gasteiger partial charge in [-0.25, -0.2) is 4.79 Å². The van der Waals surface area contributed by atoms with Gasteiger partial charge in [0.05, 0.1) is 19.1 Å². The van der Waals surface area contributed by atoms with Gasteiger partial charge in [-0.2, -0.15) is 0 Å². The predicted molar refractivity (Wildman–Crippen MR) is 80.0 cm³/mol. The Bertz CT molecular complexity index is 576. The number of fused-ring (bicyclic) bond motifs is 1. The molecule has 0 fully saturated rings. The maximum Gasteiger partial charge on any atom is 0.408 e. The second-order valence-corrected chi connectivity index (χ2v) is 6.26. The minimum atomic E-state index is -0.988. The van der Waals surface area contributed by atoms with Crippen LogP contribution in [0.5, 0.6) is 5.75 Å². The van der Waals surface area contributed by atoms with E-state index in [0.717, 1.165) is 23.3 Å². The van der Waals surface area contributed by atoms with E-state index in [4.69, 9.17) is 14.6 Å². The molecule has 0 saturated carbocycles. The number of alkyl carbamates (subject to hydrolysis) is 1. The quantitative estimate of drug-likeness (QED) is 0.893. The molecule has 1 aliphatic heterocycles. The molecule has 6 nitrogen and oxygen atoms in total. The van der Waals surface area contributed by atoms with Crippen molar-refractivity contribution >= 4 is 12.1 Å². The Morgan fingerprint density at radius 2 is 2.14 bits per heavy atom. The fraction of sp³-hybridized carbons (Fsp3) is 0.500. The Labute approximate surface area is 129 Å². The largest absolute Gasteiger partial charge is 0.493 e. The molecule has 0 aliphatic carbocycles. The minimum absolute atomic E-state index is 0.209. The molecular formula is C16H21NO5. The van der Waals surface area contributed by atoms with Crippen molar-refractivity contribution in [3.05, 3.63) is 29.3 Å². The lowest BCUT2D eigenvalue weighted by Crippen LogP contribution is -2.35. The number of nitrogens with one attached hydrogen (secondary N) is 1. The number of aliphatic carboxylic acids is 1. The summed E-state index contributed by atoms with van der Waals surface area (Å²) < 4.78 is 10.6. The van der Waals surface area contributed by atoms with Gasteiger partial charge in [0.15, 0.2) is 0 Å². The van der Waals surface area contributed by atoms with Crippen molar-refractivity contribution in [1.82, 2.24) is 5.32 Å². The molecule has 1 heterocycles. The van der Waals surface area contributed by atoms with E-state index in [-0.39, 0.29) is 6.42 Å². The van der Waals surface area contributed by atoms with Gasteiger partial charge in [0, 0.05) is 6.42 Å². The van der Waals surface area contributed by atoms with Gasteiger partial charge in [0.1, 0.15) is 11.4 Å². The number of ether oxygens (including phenoxy) is 2. The smallest absolute Gasteiger partial charge is 0.408 e. The molecular weight excluding hydrogens is 286 g/mol. The Kier molecular flexibility index (Phi) is 4.59. The van der Waals surface area contributed by atoms with Crippen LogP contribution in [0.2, 0.25) is 0 Å². The Balaban J connectivity index is 2.15. The first-order valence-electron chi connectivity index (χ1n) is 7.21. The maximum atomic E-state index is 11.9. The Morgan fingerprint density at radius 1 is 1.41 bits per heavy atom. The SMILES string of the molecule is CC(C)(C)OC(=O)NC(CC(=O)O)c1ccc2c(c1)CCO2. The lowest BCUT2D eigenvalue weighted by molar-refractivity contribution is -0.137. The maximum absolute atomic E-state index is 11.9. The number of rotatable bonds is 4. The van der Waals surface area contributed by atoms with Crippen LogP contribution in [-0.4, -0.2) is 29.4 Å². The van der Waals surface area contributed by atoms with Crippen molar-refractivity contribution in [1.29, 1.82) is 0 Å². The highest BCUT2D eigenvalue weighted by molar-refractivity contribution is 5.72. The van der Waals surface area contributed by atoms with Crippen LogP contribution in [-0.2, 0) is 16.0 Å². The van der Waals surface area contributed by atoms with E-state index in [2.05, 4.69) is 5.32 Å². The van der Waals surface area contributed by atoms with Gasteiger partial charge in [-0.1, -0.05) is 6.07 Å². The molecule has 1 atom stereocenters. The predicted octanol–water partition coefficient (Wildman–Crippen LogP) is 2.66. The molecule has 1 aromatic carbocycles. The number of carboxylic acid groups (broad SMARTS) is 1. The van der Waals surface area contributed by atoms with Crippen molar-refractivity contribution in [3.8, 4) is 5.75 Å². The van der Waals surface area contributed by atoms with E-state index in [1.807, 2.05) is 12.1 Å². The number of carbonyl (C=O) groups excluding carboxylic acids is 1. The third-order valence-electron chi connectivity index (χ3n) is 3.19. The van der Waals surface area contributed by atoms with Crippen molar-refractivity contribution in [2.75, 3.05) is 6.61 Å². The lowest BCUT2D eigenvalue weighted by Gasteiger charge is -2.23. The van der Waals surface area contributed by atoms with Gasteiger partial charge in [0.25, 0.3) is 0 Å². The Morgan fingerprint density at radius 3 is 2.77 bits per heavy atom. The fourth-order valence-corrected chi connectivity index (χ4v) is 2.30. The van der Waals surface area contributed by atoms with Crippen LogP contribution >= 0.6 is 0 Å². The van der Waals surface area contributed by atoms with Crippen LogP contribution in [0.4, 0.5) is 4.79 Å². The number of hydrogen-bond acceptors (Lipinski definition) is 4. The zero-order valence-electron chi connectivity index (χ0n) is 13.0. The molecule has 2 N–H and O–H groups in total. The average molecular weight is 307 g/mol. The van der Waals surface area contributed by atoms with Gasteiger partial charge >= 0.3 is 12.1 Å². The summed E-state index contributed by atoms with van der Waals surface area (Å²) in [5.74, 6) is -0.173. The highest BCUT2D eigenvalue weighted by Crippen LogP contribution is 2.29. The van der Waals surface area contributed by atoms with Crippen molar-refractivity contribution in [3.63, 3.8) is 0 Å². The van der Waals surface area contributed by atoms with Gasteiger partial charge in [-0.3, -0.25) is 4.79 Å². The third kappa shape index (κ3) is 4.38. The molecule has 6 heteroatoms. The lowest BCUT2D eigenvalue weighted by atomic mass is 10.0. The molecule has 22 heavy (non-hydrogen) atoms. The summed E-state index contributed by atoms with van der Waals surface area (Å²) in [6, 6.07) is 4.82. The van der Waals surface area contributed by atoms with Crippen LogP contribution in [0.3, 0.4) is 0 Å². The van der Waals surface area contributed by atoms with E-state index < -0.39 is 23.7 Å². The zero-order chi connectivity index (χ0) is 16.3. The molecule has 0 radical (unpaired) electrons. The van der Waals surface area contributed by atoms with Crippen LogP contribution in [0.25, 0.3) is 0 Å². The number of amides is 1. The molecule has 0 bridgehead atoms. The summed E-state index contributed by atoms with van der Waals surface area (Å²) in [5.41, 5.74) is 1.13. The first kappa shape index (κ1) is 16.1. The van der Waals surface area contributed by atoms with Gasteiger partial charge in [0.2, 0.25) is 0 Å².